The average molecular weight is 282 g/mol. The van der Waals surface area contributed by atoms with Gasteiger partial charge in [0, 0.05) is 18.6 Å². The highest BCUT2D eigenvalue weighted by Crippen LogP contribution is 2.29. The molecule has 0 aromatic carbocycles. The molecular weight excluding hydrogens is 256 g/mol. The van der Waals surface area contributed by atoms with Gasteiger partial charge in [0.25, 0.3) is 0 Å². The van der Waals surface area contributed by atoms with Crippen molar-refractivity contribution < 1.29 is 14.7 Å². The molecule has 1 saturated carbocycles. The molecule has 2 aliphatic rings. The number of carboxylic acids is 1. The van der Waals surface area contributed by atoms with Gasteiger partial charge in [0.1, 0.15) is 0 Å². The van der Waals surface area contributed by atoms with Crippen LogP contribution < -0.4 is 5.32 Å². The van der Waals surface area contributed by atoms with Gasteiger partial charge in [-0.15, -0.1) is 0 Å². The second kappa shape index (κ2) is 6.02. The molecule has 1 aliphatic heterocycles. The molecule has 5 nitrogen and oxygen atoms in total. The summed E-state index contributed by atoms with van der Waals surface area (Å²) >= 11 is 0. The van der Waals surface area contributed by atoms with Gasteiger partial charge in [0.2, 0.25) is 0 Å². The lowest BCUT2D eigenvalue weighted by molar-refractivity contribution is -0.141. The maximum absolute atomic E-state index is 12.4. The van der Waals surface area contributed by atoms with Gasteiger partial charge in [-0.05, 0) is 44.4 Å². The van der Waals surface area contributed by atoms with E-state index in [9.17, 15) is 9.59 Å². The van der Waals surface area contributed by atoms with E-state index in [1.807, 2.05) is 4.90 Å². The molecule has 3 unspecified atom stereocenters. The Morgan fingerprint density at radius 3 is 2.45 bits per heavy atom. The van der Waals surface area contributed by atoms with E-state index in [1.165, 1.54) is 0 Å². The Labute approximate surface area is 120 Å². The predicted molar refractivity (Wildman–Crippen MR) is 76.4 cm³/mol. The van der Waals surface area contributed by atoms with Crippen LogP contribution in [-0.4, -0.2) is 40.6 Å². The van der Waals surface area contributed by atoms with Crippen molar-refractivity contribution in [2.75, 3.05) is 6.54 Å². The lowest BCUT2D eigenvalue weighted by Crippen LogP contribution is -2.54. The number of aliphatic carboxylic acids is 1. The standard InChI is InChI=1S/C15H26N2O3/c1-9-6-10(2)11(3)17(8-9)15(20)16-13-5-4-12(7-13)14(18)19/h9-13H,4-8H2,1-3H3,(H,16,20)(H,18,19)/t9?,10?,11?,12-,13+/m1/s1. The minimum Gasteiger partial charge on any atom is -0.481 e. The summed E-state index contributed by atoms with van der Waals surface area (Å²) in [7, 11) is 0. The largest absolute Gasteiger partial charge is 0.481 e. The Morgan fingerprint density at radius 2 is 1.85 bits per heavy atom. The van der Waals surface area contributed by atoms with Crippen molar-refractivity contribution in [3.05, 3.63) is 0 Å². The number of carbonyl (C=O) groups is 2. The van der Waals surface area contributed by atoms with Crippen LogP contribution in [0.25, 0.3) is 0 Å². The third kappa shape index (κ3) is 3.25. The topological polar surface area (TPSA) is 69.6 Å². The zero-order chi connectivity index (χ0) is 14.9. The summed E-state index contributed by atoms with van der Waals surface area (Å²) < 4.78 is 0. The molecule has 0 radical (unpaired) electrons. The van der Waals surface area contributed by atoms with E-state index in [-0.39, 0.29) is 24.0 Å². The lowest BCUT2D eigenvalue weighted by Gasteiger charge is -2.41. The second-order valence-electron chi connectivity index (χ2n) is 6.71. The normalized spacial score (nSPS) is 37.8. The van der Waals surface area contributed by atoms with Crippen molar-refractivity contribution in [2.24, 2.45) is 17.8 Å². The highest BCUT2D eigenvalue weighted by Gasteiger charge is 2.35. The molecule has 5 heteroatoms. The first-order valence-corrected chi connectivity index (χ1v) is 7.68. The van der Waals surface area contributed by atoms with E-state index < -0.39 is 5.97 Å². The number of carboxylic acid groups (broad SMARTS) is 1. The van der Waals surface area contributed by atoms with Gasteiger partial charge >= 0.3 is 12.0 Å². The Morgan fingerprint density at radius 1 is 1.15 bits per heavy atom. The summed E-state index contributed by atoms with van der Waals surface area (Å²) in [5, 5.41) is 12.0. The van der Waals surface area contributed by atoms with E-state index in [2.05, 4.69) is 26.1 Å². The number of hydrogen-bond acceptors (Lipinski definition) is 2. The number of nitrogens with one attached hydrogen (secondary N) is 1. The van der Waals surface area contributed by atoms with E-state index in [4.69, 9.17) is 5.11 Å². The fourth-order valence-corrected chi connectivity index (χ4v) is 3.58. The minimum atomic E-state index is -0.740. The second-order valence-corrected chi connectivity index (χ2v) is 6.71. The molecular formula is C15H26N2O3. The van der Waals surface area contributed by atoms with Crippen molar-refractivity contribution in [1.29, 1.82) is 0 Å². The van der Waals surface area contributed by atoms with Crippen LogP contribution in [-0.2, 0) is 4.79 Å². The molecule has 1 heterocycles. The van der Waals surface area contributed by atoms with Gasteiger partial charge in [0.05, 0.1) is 5.92 Å². The first-order valence-electron chi connectivity index (χ1n) is 7.68. The van der Waals surface area contributed by atoms with Crippen LogP contribution in [0.4, 0.5) is 4.79 Å². The SMILES string of the molecule is CC1CC(C)C(C)N(C(=O)N[C@H]2CC[C@@H](C(=O)O)C2)C1. The van der Waals surface area contributed by atoms with E-state index in [0.717, 1.165) is 19.4 Å². The van der Waals surface area contributed by atoms with E-state index in [0.29, 0.717) is 24.7 Å². The first kappa shape index (κ1) is 15.1. The number of nitrogens with zero attached hydrogens (tertiary/aromatic N) is 1. The molecule has 5 atom stereocenters. The van der Waals surface area contributed by atoms with Crippen molar-refractivity contribution in [3.63, 3.8) is 0 Å². The number of rotatable bonds is 2. The zero-order valence-corrected chi connectivity index (χ0v) is 12.6. The molecule has 1 aliphatic carbocycles. The summed E-state index contributed by atoms with van der Waals surface area (Å²) in [6.45, 7) is 7.27. The van der Waals surface area contributed by atoms with Gasteiger partial charge in [0.15, 0.2) is 0 Å². The Kier molecular flexibility index (Phi) is 4.55. The van der Waals surface area contributed by atoms with Gasteiger partial charge < -0.3 is 15.3 Å². The maximum atomic E-state index is 12.4. The number of likely N-dealkylation sites (tertiary alicyclic amines) is 1. The van der Waals surface area contributed by atoms with Gasteiger partial charge in [-0.3, -0.25) is 4.79 Å². The molecule has 2 amide bonds. The first-order chi connectivity index (χ1) is 9.38. The molecule has 0 spiro atoms. The van der Waals surface area contributed by atoms with E-state index >= 15 is 0 Å². The Bertz CT molecular complexity index is 385. The summed E-state index contributed by atoms with van der Waals surface area (Å²) in [6.07, 6.45) is 3.17. The molecule has 2 fully saturated rings. The Balaban J connectivity index is 1.90. The maximum Gasteiger partial charge on any atom is 0.317 e. The summed E-state index contributed by atoms with van der Waals surface area (Å²) in [5.74, 6) is 0.00871. The van der Waals surface area contributed by atoms with Gasteiger partial charge in [-0.1, -0.05) is 13.8 Å². The number of piperidine rings is 1. The van der Waals surface area contributed by atoms with Gasteiger partial charge in [-0.25, -0.2) is 4.79 Å². The fourth-order valence-electron chi connectivity index (χ4n) is 3.58. The van der Waals surface area contributed by atoms with Crippen LogP contribution >= 0.6 is 0 Å². The third-order valence-electron chi connectivity index (χ3n) is 4.97. The predicted octanol–water partition coefficient (Wildman–Crippen LogP) is 2.32. The van der Waals surface area contributed by atoms with Crippen molar-refractivity contribution in [3.8, 4) is 0 Å². The molecule has 114 valence electrons. The molecule has 20 heavy (non-hydrogen) atoms. The van der Waals surface area contributed by atoms with Crippen molar-refractivity contribution >= 4 is 12.0 Å². The number of urea groups is 1. The van der Waals surface area contributed by atoms with Gasteiger partial charge in [-0.2, -0.15) is 0 Å². The van der Waals surface area contributed by atoms with Crippen LogP contribution in [0.2, 0.25) is 0 Å². The van der Waals surface area contributed by atoms with Crippen LogP contribution in [0, 0.1) is 17.8 Å². The third-order valence-corrected chi connectivity index (χ3v) is 4.97. The Hall–Kier alpha value is -1.26. The average Bonchev–Trinajstić information content (AvgIpc) is 2.82. The summed E-state index contributed by atoms with van der Waals surface area (Å²) in [6, 6.07) is 0.248. The van der Waals surface area contributed by atoms with Crippen LogP contribution in [0.5, 0.6) is 0 Å². The van der Waals surface area contributed by atoms with Crippen LogP contribution in [0.3, 0.4) is 0 Å². The summed E-state index contributed by atoms with van der Waals surface area (Å²) in [5.41, 5.74) is 0. The molecule has 0 aromatic heterocycles. The van der Waals surface area contributed by atoms with Crippen LogP contribution in [0.15, 0.2) is 0 Å². The molecule has 2 N–H and O–H groups in total. The fraction of sp³-hybridized carbons (Fsp3) is 0.867. The molecule has 2 rings (SSSR count). The van der Waals surface area contributed by atoms with Crippen molar-refractivity contribution in [2.45, 2.75) is 58.5 Å². The molecule has 1 saturated heterocycles. The molecule has 0 aromatic rings. The summed E-state index contributed by atoms with van der Waals surface area (Å²) in [4.78, 5) is 25.3. The lowest BCUT2D eigenvalue weighted by atomic mass is 9.86. The zero-order valence-electron chi connectivity index (χ0n) is 12.6. The number of hydrogen-bond donors (Lipinski definition) is 2. The highest BCUT2D eigenvalue weighted by molar-refractivity contribution is 5.75. The smallest absolute Gasteiger partial charge is 0.317 e. The monoisotopic (exact) mass is 282 g/mol. The van der Waals surface area contributed by atoms with E-state index in [1.54, 1.807) is 0 Å². The quantitative estimate of drug-likeness (QED) is 0.816. The molecule has 0 bridgehead atoms. The minimum absolute atomic E-state index is 0.0170. The van der Waals surface area contributed by atoms with Crippen molar-refractivity contribution in [1.82, 2.24) is 10.2 Å². The highest BCUT2D eigenvalue weighted by atomic mass is 16.4. The number of carbonyl (C=O) groups excluding carboxylic acids is 1. The number of amides is 2. The van der Waals surface area contributed by atoms with Crippen LogP contribution in [0.1, 0.15) is 46.5 Å².